The van der Waals surface area contributed by atoms with Gasteiger partial charge in [-0.05, 0) is 17.7 Å². The Hall–Kier alpha value is -2.14. The lowest BCUT2D eigenvalue weighted by atomic mass is 10.2. The molecule has 2 aromatic carbocycles. The Morgan fingerprint density at radius 3 is 2.77 bits per heavy atom. The summed E-state index contributed by atoms with van der Waals surface area (Å²) in [5, 5.41) is 2.88. The van der Waals surface area contributed by atoms with Gasteiger partial charge in [-0.3, -0.25) is 4.79 Å². The van der Waals surface area contributed by atoms with E-state index in [0.717, 1.165) is 22.9 Å². The monoisotopic (exact) mass is 315 g/mol. The number of carbonyl (C=O) groups excluding carboxylic acids is 1. The molecule has 0 radical (unpaired) electrons. The van der Waals surface area contributed by atoms with Crippen molar-refractivity contribution in [3.63, 3.8) is 0 Å². The molecule has 3 rings (SSSR count). The number of ether oxygens (including phenoxy) is 2. The molecule has 1 N–H and O–H groups in total. The van der Waals surface area contributed by atoms with Crippen LogP contribution in [0.15, 0.2) is 48.5 Å². The van der Waals surface area contributed by atoms with Crippen LogP contribution in [0.5, 0.6) is 11.5 Å². The summed E-state index contributed by atoms with van der Waals surface area (Å²) in [6, 6.07) is 15.7. The van der Waals surface area contributed by atoms with Gasteiger partial charge in [-0.25, -0.2) is 0 Å². The average molecular weight is 315 g/mol. The van der Waals surface area contributed by atoms with Crippen molar-refractivity contribution >= 4 is 23.4 Å². The normalized spacial score (nSPS) is 12.2. The maximum atomic E-state index is 11.9. The van der Waals surface area contributed by atoms with Gasteiger partial charge >= 0.3 is 0 Å². The fourth-order valence-corrected chi connectivity index (χ4v) is 3.03. The Morgan fingerprint density at radius 1 is 1.09 bits per heavy atom. The minimum atomic E-state index is 0.0134. The molecule has 1 aliphatic rings. The lowest BCUT2D eigenvalue weighted by molar-refractivity contribution is -0.115. The number of anilines is 1. The third-order valence-electron chi connectivity index (χ3n) is 3.24. The van der Waals surface area contributed by atoms with Crippen LogP contribution in [0, 0.1) is 0 Å². The van der Waals surface area contributed by atoms with Crippen LogP contribution in [0.1, 0.15) is 12.0 Å². The lowest BCUT2D eigenvalue weighted by Crippen LogP contribution is -2.12. The second kappa shape index (κ2) is 7.22. The zero-order valence-electron chi connectivity index (χ0n) is 12.1. The number of fused-ring (bicyclic) bond motifs is 1. The zero-order valence-corrected chi connectivity index (χ0v) is 12.9. The smallest absolute Gasteiger partial charge is 0.231 e. The minimum absolute atomic E-state index is 0.0134. The average Bonchev–Trinajstić information content (AvgIpc) is 3.00. The fourth-order valence-electron chi connectivity index (χ4n) is 2.13. The first kappa shape index (κ1) is 14.8. The van der Waals surface area contributed by atoms with E-state index >= 15 is 0 Å². The van der Waals surface area contributed by atoms with Crippen molar-refractivity contribution in [3.05, 3.63) is 54.1 Å². The van der Waals surface area contributed by atoms with Crippen LogP contribution in [0.3, 0.4) is 0 Å². The molecule has 1 heterocycles. The van der Waals surface area contributed by atoms with E-state index in [1.165, 1.54) is 5.56 Å². The van der Waals surface area contributed by atoms with Gasteiger partial charge in [0.2, 0.25) is 12.7 Å². The van der Waals surface area contributed by atoms with E-state index < -0.39 is 0 Å². The molecule has 0 saturated carbocycles. The van der Waals surface area contributed by atoms with Crippen molar-refractivity contribution in [2.45, 2.75) is 12.2 Å². The summed E-state index contributed by atoms with van der Waals surface area (Å²) in [5.41, 5.74) is 2.02. The second-order valence-electron chi connectivity index (χ2n) is 4.90. The van der Waals surface area contributed by atoms with Gasteiger partial charge in [0.15, 0.2) is 11.5 Å². The summed E-state index contributed by atoms with van der Waals surface area (Å²) in [6.07, 6.45) is 0.492. The largest absolute Gasteiger partial charge is 0.454 e. The van der Waals surface area contributed by atoms with Gasteiger partial charge in [-0.2, -0.15) is 11.8 Å². The first-order valence-corrected chi connectivity index (χ1v) is 8.28. The van der Waals surface area contributed by atoms with E-state index in [-0.39, 0.29) is 12.7 Å². The first-order chi connectivity index (χ1) is 10.8. The SMILES string of the molecule is O=C(CCSCc1ccccc1)Nc1ccc2c(c1)OCO2. The van der Waals surface area contributed by atoms with Gasteiger partial charge in [0, 0.05) is 29.7 Å². The fraction of sp³-hybridized carbons (Fsp3) is 0.235. The van der Waals surface area contributed by atoms with Crippen molar-refractivity contribution in [3.8, 4) is 11.5 Å². The summed E-state index contributed by atoms with van der Waals surface area (Å²) < 4.78 is 10.5. The molecule has 0 bridgehead atoms. The van der Waals surface area contributed by atoms with Crippen LogP contribution >= 0.6 is 11.8 Å². The third kappa shape index (κ3) is 3.95. The molecule has 0 atom stereocenters. The van der Waals surface area contributed by atoms with Crippen LogP contribution in [-0.4, -0.2) is 18.5 Å². The molecule has 0 saturated heterocycles. The molecule has 5 heteroatoms. The van der Waals surface area contributed by atoms with Crippen LogP contribution in [0.2, 0.25) is 0 Å². The summed E-state index contributed by atoms with van der Waals surface area (Å²) in [5.74, 6) is 3.13. The predicted octanol–water partition coefficient (Wildman–Crippen LogP) is 3.68. The van der Waals surface area contributed by atoms with Crippen molar-refractivity contribution in [2.24, 2.45) is 0 Å². The van der Waals surface area contributed by atoms with Gasteiger partial charge in [-0.1, -0.05) is 30.3 Å². The van der Waals surface area contributed by atoms with Crippen LogP contribution in [0.4, 0.5) is 5.69 Å². The van der Waals surface area contributed by atoms with Gasteiger partial charge in [0.1, 0.15) is 0 Å². The standard InChI is InChI=1S/C17H17NO3S/c19-17(8-9-22-11-13-4-2-1-3-5-13)18-14-6-7-15-16(10-14)21-12-20-15/h1-7,10H,8-9,11-12H2,(H,18,19). The highest BCUT2D eigenvalue weighted by molar-refractivity contribution is 7.98. The number of hydrogen-bond acceptors (Lipinski definition) is 4. The topological polar surface area (TPSA) is 47.6 Å². The number of benzene rings is 2. The quantitative estimate of drug-likeness (QED) is 0.826. The maximum Gasteiger partial charge on any atom is 0.231 e. The Labute approximate surface area is 133 Å². The van der Waals surface area contributed by atoms with Crippen molar-refractivity contribution in [2.75, 3.05) is 17.9 Å². The molecule has 0 aromatic heterocycles. The molecular weight excluding hydrogens is 298 g/mol. The summed E-state index contributed by atoms with van der Waals surface area (Å²) in [7, 11) is 0. The highest BCUT2D eigenvalue weighted by atomic mass is 32.2. The van der Waals surface area contributed by atoms with Gasteiger partial charge in [0.05, 0.1) is 0 Å². The van der Waals surface area contributed by atoms with Crippen LogP contribution in [0.25, 0.3) is 0 Å². The van der Waals surface area contributed by atoms with Crippen LogP contribution < -0.4 is 14.8 Å². The van der Waals surface area contributed by atoms with E-state index in [9.17, 15) is 4.79 Å². The van der Waals surface area contributed by atoms with Crippen molar-refractivity contribution in [1.82, 2.24) is 0 Å². The predicted molar refractivity (Wildman–Crippen MR) is 88.4 cm³/mol. The Kier molecular flexibility index (Phi) is 4.85. The number of nitrogens with one attached hydrogen (secondary N) is 1. The Balaban J connectivity index is 1.41. The molecule has 0 aliphatic carbocycles. The molecule has 0 spiro atoms. The molecule has 1 amide bonds. The van der Waals surface area contributed by atoms with E-state index in [4.69, 9.17) is 9.47 Å². The first-order valence-electron chi connectivity index (χ1n) is 7.12. The molecule has 4 nitrogen and oxygen atoms in total. The zero-order chi connectivity index (χ0) is 15.2. The molecule has 22 heavy (non-hydrogen) atoms. The molecule has 2 aromatic rings. The Bertz CT molecular complexity index is 646. The van der Waals surface area contributed by atoms with Crippen molar-refractivity contribution in [1.29, 1.82) is 0 Å². The van der Waals surface area contributed by atoms with E-state index in [1.807, 2.05) is 30.3 Å². The molecular formula is C17H17NO3S. The molecule has 0 fully saturated rings. The highest BCUT2D eigenvalue weighted by Gasteiger charge is 2.13. The number of thioether (sulfide) groups is 1. The number of amides is 1. The van der Waals surface area contributed by atoms with E-state index in [0.29, 0.717) is 12.2 Å². The molecule has 114 valence electrons. The maximum absolute atomic E-state index is 11.9. The molecule has 1 aliphatic heterocycles. The van der Waals surface area contributed by atoms with E-state index in [1.54, 1.807) is 17.8 Å². The summed E-state index contributed by atoms with van der Waals surface area (Å²) in [6.45, 7) is 0.239. The number of hydrogen-bond donors (Lipinski definition) is 1. The second-order valence-corrected chi connectivity index (χ2v) is 6.01. The highest BCUT2D eigenvalue weighted by Crippen LogP contribution is 2.34. The van der Waals surface area contributed by atoms with Gasteiger partial charge in [0.25, 0.3) is 0 Å². The lowest BCUT2D eigenvalue weighted by Gasteiger charge is -2.06. The Morgan fingerprint density at radius 2 is 1.91 bits per heavy atom. The van der Waals surface area contributed by atoms with Gasteiger partial charge in [-0.15, -0.1) is 0 Å². The molecule has 0 unspecified atom stereocenters. The minimum Gasteiger partial charge on any atom is -0.454 e. The van der Waals surface area contributed by atoms with Gasteiger partial charge < -0.3 is 14.8 Å². The summed E-state index contributed by atoms with van der Waals surface area (Å²) in [4.78, 5) is 11.9. The van der Waals surface area contributed by atoms with Crippen LogP contribution in [-0.2, 0) is 10.5 Å². The third-order valence-corrected chi connectivity index (χ3v) is 4.27. The van der Waals surface area contributed by atoms with E-state index in [2.05, 4.69) is 17.4 Å². The number of carbonyl (C=O) groups is 1. The van der Waals surface area contributed by atoms with Crippen molar-refractivity contribution < 1.29 is 14.3 Å². The number of rotatable bonds is 6. The summed E-state index contributed by atoms with van der Waals surface area (Å²) >= 11 is 1.76.